The first-order chi connectivity index (χ1) is 12.6. The van der Waals surface area contributed by atoms with Gasteiger partial charge in [0, 0.05) is 5.56 Å². The summed E-state index contributed by atoms with van der Waals surface area (Å²) < 4.78 is 23.7. The molecular weight excluding hydrogens is 357 g/mol. The highest BCUT2D eigenvalue weighted by atomic mass is 32.2. The third-order valence-electron chi connectivity index (χ3n) is 3.51. The van der Waals surface area contributed by atoms with Gasteiger partial charge in [0.05, 0.1) is 18.0 Å². The number of rotatable bonds is 6. The molecule has 1 N–H and O–H groups in total. The Balaban J connectivity index is 1.65. The van der Waals surface area contributed by atoms with Crippen molar-refractivity contribution < 1.29 is 18.3 Å². The Kier molecular flexibility index (Phi) is 5.52. The van der Waals surface area contributed by atoms with Crippen LogP contribution in [0.15, 0.2) is 58.2 Å². The number of nitrogens with zero attached hydrogens (tertiary/aromatic N) is 2. The van der Waals surface area contributed by atoms with E-state index in [0.29, 0.717) is 17.0 Å². The number of hydrogen-bond acceptors (Lipinski definition) is 6. The van der Waals surface area contributed by atoms with Crippen LogP contribution in [0.3, 0.4) is 0 Å². The summed E-state index contributed by atoms with van der Waals surface area (Å²) in [4.78, 5) is 12.4. The van der Waals surface area contributed by atoms with Gasteiger partial charge < -0.3 is 14.5 Å². The highest BCUT2D eigenvalue weighted by molar-refractivity contribution is 8.00. The van der Waals surface area contributed by atoms with Gasteiger partial charge in [-0.1, -0.05) is 23.9 Å². The lowest BCUT2D eigenvalue weighted by atomic mass is 10.2. The second-order valence-corrected chi connectivity index (χ2v) is 6.62. The SMILES string of the molecule is COc1ccccc1NC(=O)[C@@H](C)Sc1nnc(-c2ccc(F)cc2)o1. The van der Waals surface area contributed by atoms with Gasteiger partial charge in [-0.3, -0.25) is 4.79 Å². The number of para-hydroxylation sites is 2. The predicted octanol–water partition coefficient (Wildman–Crippen LogP) is 4.00. The first-order valence-corrected chi connectivity index (χ1v) is 8.65. The molecule has 2 aromatic carbocycles. The number of aromatic nitrogens is 2. The van der Waals surface area contributed by atoms with E-state index in [2.05, 4.69) is 15.5 Å². The lowest BCUT2D eigenvalue weighted by Gasteiger charge is -2.12. The highest BCUT2D eigenvalue weighted by Gasteiger charge is 2.20. The molecule has 0 saturated carbocycles. The van der Waals surface area contributed by atoms with Crippen LogP contribution in [-0.2, 0) is 4.79 Å². The second kappa shape index (κ2) is 8.01. The van der Waals surface area contributed by atoms with E-state index in [-0.39, 0.29) is 22.8 Å². The van der Waals surface area contributed by atoms with Crippen LogP contribution in [0.25, 0.3) is 11.5 Å². The van der Waals surface area contributed by atoms with Crippen LogP contribution in [0, 0.1) is 5.82 Å². The standard InChI is InChI=1S/C18H16FN3O3S/c1-11(16(23)20-14-5-3-4-6-15(14)24-2)26-18-22-21-17(25-18)12-7-9-13(19)10-8-12/h3-11H,1-2H3,(H,20,23)/t11-/m1/s1. The summed E-state index contributed by atoms with van der Waals surface area (Å²) in [7, 11) is 1.54. The zero-order chi connectivity index (χ0) is 18.5. The number of hydrogen-bond donors (Lipinski definition) is 1. The maximum absolute atomic E-state index is 13.0. The summed E-state index contributed by atoms with van der Waals surface area (Å²) in [6.07, 6.45) is 0. The molecule has 6 nitrogen and oxygen atoms in total. The zero-order valence-electron chi connectivity index (χ0n) is 14.1. The fourth-order valence-corrected chi connectivity index (χ4v) is 2.84. The molecule has 0 saturated heterocycles. The van der Waals surface area contributed by atoms with Gasteiger partial charge in [0.25, 0.3) is 5.22 Å². The van der Waals surface area contributed by atoms with Gasteiger partial charge in [-0.25, -0.2) is 4.39 Å². The molecule has 1 heterocycles. The molecule has 0 fully saturated rings. The summed E-state index contributed by atoms with van der Waals surface area (Å²) in [6.45, 7) is 1.73. The number of carbonyl (C=O) groups is 1. The van der Waals surface area contributed by atoms with Crippen LogP contribution in [0.1, 0.15) is 6.92 Å². The number of halogens is 1. The van der Waals surface area contributed by atoms with Crippen molar-refractivity contribution in [2.24, 2.45) is 0 Å². The van der Waals surface area contributed by atoms with Crippen LogP contribution < -0.4 is 10.1 Å². The molecule has 1 aromatic heterocycles. The highest BCUT2D eigenvalue weighted by Crippen LogP contribution is 2.28. The number of thioether (sulfide) groups is 1. The number of nitrogens with one attached hydrogen (secondary N) is 1. The molecule has 8 heteroatoms. The van der Waals surface area contributed by atoms with Crippen molar-refractivity contribution in [3.05, 3.63) is 54.3 Å². The van der Waals surface area contributed by atoms with Crippen molar-refractivity contribution in [3.8, 4) is 17.2 Å². The topological polar surface area (TPSA) is 77.2 Å². The molecule has 0 aliphatic heterocycles. The fraction of sp³-hybridized carbons (Fsp3) is 0.167. The van der Waals surface area contributed by atoms with Crippen LogP contribution in [-0.4, -0.2) is 28.5 Å². The number of methoxy groups -OCH3 is 1. The lowest BCUT2D eigenvalue weighted by molar-refractivity contribution is -0.115. The van der Waals surface area contributed by atoms with Crippen LogP contribution in [0.5, 0.6) is 5.75 Å². The van der Waals surface area contributed by atoms with E-state index in [9.17, 15) is 9.18 Å². The molecule has 0 aliphatic carbocycles. The number of anilines is 1. The Hall–Kier alpha value is -2.87. The molecular formula is C18H16FN3O3S. The minimum atomic E-state index is -0.471. The molecule has 134 valence electrons. The molecule has 0 aliphatic rings. The molecule has 0 radical (unpaired) electrons. The molecule has 3 rings (SSSR count). The normalized spacial score (nSPS) is 11.8. The smallest absolute Gasteiger partial charge is 0.277 e. The fourth-order valence-electron chi connectivity index (χ4n) is 2.15. The van der Waals surface area contributed by atoms with Crippen molar-refractivity contribution in [2.45, 2.75) is 17.4 Å². The minimum absolute atomic E-state index is 0.221. The Morgan fingerprint density at radius 3 is 2.65 bits per heavy atom. The monoisotopic (exact) mass is 373 g/mol. The van der Waals surface area contributed by atoms with Crippen molar-refractivity contribution in [1.82, 2.24) is 10.2 Å². The largest absolute Gasteiger partial charge is 0.495 e. The average molecular weight is 373 g/mol. The van der Waals surface area contributed by atoms with E-state index in [0.717, 1.165) is 11.8 Å². The molecule has 3 aromatic rings. The van der Waals surface area contributed by atoms with Crippen molar-refractivity contribution in [3.63, 3.8) is 0 Å². The van der Waals surface area contributed by atoms with E-state index >= 15 is 0 Å². The van der Waals surface area contributed by atoms with Gasteiger partial charge in [0.1, 0.15) is 11.6 Å². The van der Waals surface area contributed by atoms with Gasteiger partial charge in [-0.2, -0.15) is 0 Å². The predicted molar refractivity (Wildman–Crippen MR) is 96.6 cm³/mol. The number of benzene rings is 2. The molecule has 0 bridgehead atoms. The van der Waals surface area contributed by atoms with Crippen molar-refractivity contribution in [1.29, 1.82) is 0 Å². The lowest BCUT2D eigenvalue weighted by Crippen LogP contribution is -2.22. The van der Waals surface area contributed by atoms with Crippen LogP contribution in [0.2, 0.25) is 0 Å². The maximum Gasteiger partial charge on any atom is 0.277 e. The Morgan fingerprint density at radius 2 is 1.92 bits per heavy atom. The summed E-state index contributed by atoms with van der Waals surface area (Å²) in [5, 5.41) is 10.4. The van der Waals surface area contributed by atoms with Gasteiger partial charge >= 0.3 is 0 Å². The Morgan fingerprint density at radius 1 is 1.19 bits per heavy atom. The van der Waals surface area contributed by atoms with E-state index in [1.165, 1.54) is 12.1 Å². The van der Waals surface area contributed by atoms with Gasteiger partial charge in [0.2, 0.25) is 11.8 Å². The average Bonchev–Trinajstić information content (AvgIpc) is 3.11. The second-order valence-electron chi connectivity index (χ2n) is 5.33. The third kappa shape index (κ3) is 4.20. The molecule has 26 heavy (non-hydrogen) atoms. The number of carbonyl (C=O) groups excluding carboxylic acids is 1. The van der Waals surface area contributed by atoms with Crippen molar-refractivity contribution >= 4 is 23.4 Å². The zero-order valence-corrected chi connectivity index (χ0v) is 14.9. The minimum Gasteiger partial charge on any atom is -0.495 e. The summed E-state index contributed by atoms with van der Waals surface area (Å²) in [5.41, 5.74) is 1.20. The van der Waals surface area contributed by atoms with E-state index in [1.807, 2.05) is 12.1 Å². The number of ether oxygens (including phenoxy) is 1. The van der Waals surface area contributed by atoms with Gasteiger partial charge in [-0.15, -0.1) is 10.2 Å². The van der Waals surface area contributed by atoms with E-state index < -0.39 is 5.25 Å². The third-order valence-corrected chi connectivity index (χ3v) is 4.44. The van der Waals surface area contributed by atoms with Crippen LogP contribution >= 0.6 is 11.8 Å². The number of amides is 1. The van der Waals surface area contributed by atoms with Gasteiger partial charge in [0.15, 0.2) is 0 Å². The van der Waals surface area contributed by atoms with E-state index in [1.54, 1.807) is 38.3 Å². The van der Waals surface area contributed by atoms with Gasteiger partial charge in [-0.05, 0) is 43.3 Å². The molecule has 0 spiro atoms. The Bertz CT molecular complexity index is 899. The maximum atomic E-state index is 13.0. The molecule has 1 amide bonds. The summed E-state index contributed by atoms with van der Waals surface area (Å²) >= 11 is 1.14. The first kappa shape index (κ1) is 17.9. The summed E-state index contributed by atoms with van der Waals surface area (Å²) in [6, 6.07) is 12.9. The molecule has 1 atom stereocenters. The van der Waals surface area contributed by atoms with Crippen LogP contribution in [0.4, 0.5) is 10.1 Å². The molecule has 0 unspecified atom stereocenters. The summed E-state index contributed by atoms with van der Waals surface area (Å²) in [5.74, 6) is 0.282. The Labute approximate surface area is 153 Å². The quantitative estimate of drug-likeness (QED) is 0.658. The van der Waals surface area contributed by atoms with Crippen molar-refractivity contribution in [2.75, 3.05) is 12.4 Å². The first-order valence-electron chi connectivity index (χ1n) is 7.77. The van der Waals surface area contributed by atoms with E-state index in [4.69, 9.17) is 9.15 Å².